The van der Waals surface area contributed by atoms with E-state index in [-0.39, 0.29) is 36.8 Å². The molecule has 0 aromatic heterocycles. The number of amides is 1. The smallest absolute Gasteiger partial charge is 0.239 e. The monoisotopic (exact) mass is 361 g/mol. The fourth-order valence-electron chi connectivity index (χ4n) is 3.06. The molecule has 6 heteroatoms. The molecular formula is C17H29Cl2N3O. The van der Waals surface area contributed by atoms with Crippen molar-refractivity contribution in [2.45, 2.75) is 38.9 Å². The van der Waals surface area contributed by atoms with Crippen LogP contribution in [0.15, 0.2) is 30.3 Å². The van der Waals surface area contributed by atoms with Gasteiger partial charge in [0.2, 0.25) is 5.91 Å². The molecule has 3 unspecified atom stereocenters. The van der Waals surface area contributed by atoms with E-state index in [1.807, 2.05) is 37.1 Å². The molecule has 4 nitrogen and oxygen atoms in total. The van der Waals surface area contributed by atoms with Crippen molar-refractivity contribution >= 4 is 30.7 Å². The molecule has 0 spiro atoms. The lowest BCUT2D eigenvalue weighted by Gasteiger charge is -2.30. The second-order valence-electron chi connectivity index (χ2n) is 6.25. The highest BCUT2D eigenvalue weighted by molar-refractivity contribution is 5.85. The lowest BCUT2D eigenvalue weighted by atomic mass is 10.1. The zero-order chi connectivity index (χ0) is 15.4. The maximum Gasteiger partial charge on any atom is 0.239 e. The van der Waals surface area contributed by atoms with Crippen molar-refractivity contribution in [3.8, 4) is 0 Å². The Kier molecular flexibility index (Phi) is 9.78. The van der Waals surface area contributed by atoms with E-state index in [4.69, 9.17) is 5.73 Å². The van der Waals surface area contributed by atoms with Crippen molar-refractivity contribution in [1.29, 1.82) is 0 Å². The first-order chi connectivity index (χ1) is 10.0. The lowest BCUT2D eigenvalue weighted by Crippen LogP contribution is -2.46. The van der Waals surface area contributed by atoms with Crippen molar-refractivity contribution in [3.05, 3.63) is 35.9 Å². The summed E-state index contributed by atoms with van der Waals surface area (Å²) >= 11 is 0. The number of halogens is 2. The van der Waals surface area contributed by atoms with Crippen molar-refractivity contribution in [2.75, 3.05) is 20.1 Å². The summed E-state index contributed by atoms with van der Waals surface area (Å²) in [6.07, 6.45) is 1.03. The Morgan fingerprint density at radius 2 is 1.96 bits per heavy atom. The number of benzene rings is 1. The summed E-state index contributed by atoms with van der Waals surface area (Å²) < 4.78 is 0. The van der Waals surface area contributed by atoms with Gasteiger partial charge in [-0.15, -0.1) is 24.8 Å². The molecule has 1 amide bonds. The molecule has 1 aliphatic rings. The molecule has 3 atom stereocenters. The first kappa shape index (κ1) is 22.2. The van der Waals surface area contributed by atoms with E-state index in [1.165, 1.54) is 5.56 Å². The number of rotatable bonds is 5. The van der Waals surface area contributed by atoms with Crippen LogP contribution in [0.4, 0.5) is 0 Å². The topological polar surface area (TPSA) is 49.6 Å². The molecule has 2 N–H and O–H groups in total. The Morgan fingerprint density at radius 1 is 1.35 bits per heavy atom. The molecule has 1 aromatic carbocycles. The van der Waals surface area contributed by atoms with Crippen molar-refractivity contribution in [2.24, 2.45) is 11.7 Å². The van der Waals surface area contributed by atoms with Gasteiger partial charge in [-0.25, -0.2) is 0 Å². The van der Waals surface area contributed by atoms with Crippen LogP contribution < -0.4 is 5.73 Å². The summed E-state index contributed by atoms with van der Waals surface area (Å²) in [4.78, 5) is 16.8. The van der Waals surface area contributed by atoms with E-state index in [0.717, 1.165) is 19.5 Å². The Labute approximate surface area is 152 Å². The third kappa shape index (κ3) is 5.64. The molecule has 23 heavy (non-hydrogen) atoms. The van der Waals surface area contributed by atoms with Crippen LogP contribution >= 0.6 is 24.8 Å². The molecule has 1 heterocycles. The molecule has 1 aliphatic heterocycles. The van der Waals surface area contributed by atoms with Crippen LogP contribution in [0.2, 0.25) is 0 Å². The predicted octanol–water partition coefficient (Wildman–Crippen LogP) is 2.55. The van der Waals surface area contributed by atoms with Crippen LogP contribution in [0.25, 0.3) is 0 Å². The first-order valence-electron chi connectivity index (χ1n) is 7.77. The number of carbonyl (C=O) groups excluding carboxylic acids is 1. The normalized spacial score (nSPS) is 21.5. The molecule has 0 saturated carbocycles. The van der Waals surface area contributed by atoms with Gasteiger partial charge in [0.05, 0.1) is 6.04 Å². The average molecular weight is 362 g/mol. The SMILES string of the molecule is CC(C(=O)N1CC(CN)CC1C)N(C)Cc1ccccc1.Cl.Cl. The minimum Gasteiger partial charge on any atom is -0.338 e. The zero-order valence-corrected chi connectivity index (χ0v) is 15.8. The fourth-order valence-corrected chi connectivity index (χ4v) is 3.06. The molecule has 1 fully saturated rings. The van der Waals surface area contributed by atoms with Gasteiger partial charge in [-0.3, -0.25) is 9.69 Å². The lowest BCUT2D eigenvalue weighted by molar-refractivity contribution is -0.136. The van der Waals surface area contributed by atoms with E-state index < -0.39 is 0 Å². The minimum atomic E-state index is -0.107. The van der Waals surface area contributed by atoms with E-state index >= 15 is 0 Å². The van der Waals surface area contributed by atoms with Gasteiger partial charge in [0.25, 0.3) is 0 Å². The van der Waals surface area contributed by atoms with Gasteiger partial charge in [-0.2, -0.15) is 0 Å². The van der Waals surface area contributed by atoms with Crippen LogP contribution in [0.3, 0.4) is 0 Å². The highest BCUT2D eigenvalue weighted by Crippen LogP contribution is 2.23. The van der Waals surface area contributed by atoms with Crippen molar-refractivity contribution in [1.82, 2.24) is 9.80 Å². The van der Waals surface area contributed by atoms with Gasteiger partial charge in [0.1, 0.15) is 0 Å². The molecule has 1 aromatic rings. The Bertz CT molecular complexity index is 472. The van der Waals surface area contributed by atoms with Gasteiger partial charge in [0.15, 0.2) is 0 Å². The number of likely N-dealkylation sites (tertiary alicyclic amines) is 1. The summed E-state index contributed by atoms with van der Waals surface area (Å²) in [5.74, 6) is 0.674. The van der Waals surface area contributed by atoms with E-state index in [0.29, 0.717) is 18.5 Å². The molecule has 0 aliphatic carbocycles. The van der Waals surface area contributed by atoms with Crippen molar-refractivity contribution in [3.63, 3.8) is 0 Å². The van der Waals surface area contributed by atoms with E-state index in [2.05, 4.69) is 24.0 Å². The number of hydrogen-bond acceptors (Lipinski definition) is 3. The number of nitrogens with two attached hydrogens (primary N) is 1. The zero-order valence-electron chi connectivity index (χ0n) is 14.1. The molecule has 0 bridgehead atoms. The Hall–Kier alpha value is -0.810. The molecule has 1 saturated heterocycles. The second-order valence-corrected chi connectivity index (χ2v) is 6.25. The molecule has 2 rings (SSSR count). The average Bonchev–Trinajstić information content (AvgIpc) is 2.88. The highest BCUT2D eigenvalue weighted by atomic mass is 35.5. The number of nitrogens with zero attached hydrogens (tertiary/aromatic N) is 2. The Morgan fingerprint density at radius 3 is 2.48 bits per heavy atom. The summed E-state index contributed by atoms with van der Waals surface area (Å²) in [6.45, 7) is 6.38. The predicted molar refractivity (Wildman–Crippen MR) is 100 cm³/mol. The standard InChI is InChI=1S/C17H27N3O.2ClH/c1-13-9-16(10-18)12-20(13)17(21)14(2)19(3)11-15-7-5-4-6-8-15;;/h4-8,13-14,16H,9-12,18H2,1-3H3;2*1H. The Balaban J connectivity index is 0.00000242. The largest absolute Gasteiger partial charge is 0.338 e. The minimum absolute atomic E-state index is 0. The summed E-state index contributed by atoms with van der Waals surface area (Å²) in [6, 6.07) is 10.5. The summed E-state index contributed by atoms with van der Waals surface area (Å²) in [5, 5.41) is 0. The molecular weight excluding hydrogens is 333 g/mol. The third-order valence-electron chi connectivity index (χ3n) is 4.57. The van der Waals surface area contributed by atoms with Crippen LogP contribution in [0.1, 0.15) is 25.8 Å². The maximum atomic E-state index is 12.7. The quantitative estimate of drug-likeness (QED) is 0.876. The van der Waals surface area contributed by atoms with Crippen LogP contribution in [-0.2, 0) is 11.3 Å². The van der Waals surface area contributed by atoms with Gasteiger partial charge in [-0.1, -0.05) is 30.3 Å². The highest BCUT2D eigenvalue weighted by Gasteiger charge is 2.34. The fraction of sp³-hybridized carbons (Fsp3) is 0.588. The number of hydrogen-bond donors (Lipinski definition) is 1. The van der Waals surface area contributed by atoms with E-state index in [1.54, 1.807) is 0 Å². The maximum absolute atomic E-state index is 12.7. The van der Waals surface area contributed by atoms with Gasteiger partial charge >= 0.3 is 0 Å². The van der Waals surface area contributed by atoms with Gasteiger partial charge < -0.3 is 10.6 Å². The second kappa shape index (κ2) is 10.1. The van der Waals surface area contributed by atoms with Gasteiger partial charge in [0, 0.05) is 19.1 Å². The number of carbonyl (C=O) groups is 1. The van der Waals surface area contributed by atoms with Gasteiger partial charge in [-0.05, 0) is 45.3 Å². The third-order valence-corrected chi connectivity index (χ3v) is 4.57. The summed E-state index contributed by atoms with van der Waals surface area (Å²) in [7, 11) is 2.01. The summed E-state index contributed by atoms with van der Waals surface area (Å²) in [5.41, 5.74) is 6.98. The van der Waals surface area contributed by atoms with Crippen LogP contribution in [0.5, 0.6) is 0 Å². The van der Waals surface area contributed by atoms with Crippen LogP contribution in [0, 0.1) is 5.92 Å². The van der Waals surface area contributed by atoms with Crippen molar-refractivity contribution < 1.29 is 4.79 Å². The number of likely N-dealkylation sites (N-methyl/N-ethyl adjacent to an activating group) is 1. The first-order valence-corrected chi connectivity index (χ1v) is 7.77. The van der Waals surface area contributed by atoms with Crippen LogP contribution in [-0.4, -0.2) is 47.9 Å². The van der Waals surface area contributed by atoms with E-state index in [9.17, 15) is 4.79 Å². The molecule has 0 radical (unpaired) electrons. The molecule has 132 valence electrons.